The minimum Gasteiger partial charge on any atom is -0.452 e. The van der Waals surface area contributed by atoms with Gasteiger partial charge in [-0.1, -0.05) is 51.1 Å². The minimum absolute atomic E-state index is 0.0108. The normalized spacial score (nSPS) is 15.9. The maximum absolute atomic E-state index is 13.7. The molecule has 1 N–H and O–H groups in total. The van der Waals surface area contributed by atoms with Gasteiger partial charge < -0.3 is 10.1 Å². The van der Waals surface area contributed by atoms with Gasteiger partial charge in [0.25, 0.3) is 5.91 Å². The summed E-state index contributed by atoms with van der Waals surface area (Å²) in [5, 5.41) is 14.6. The zero-order chi connectivity index (χ0) is 27.6. The van der Waals surface area contributed by atoms with Crippen LogP contribution in [0, 0.1) is 22.7 Å². The zero-order valence-corrected chi connectivity index (χ0v) is 23.0. The van der Waals surface area contributed by atoms with Crippen LogP contribution in [0.25, 0.3) is 22.6 Å². The molecular formula is C32H29N3O3S. The predicted octanol–water partition coefficient (Wildman–Crippen LogP) is 7.11. The summed E-state index contributed by atoms with van der Waals surface area (Å²) in [5.74, 6) is -0.728. The van der Waals surface area contributed by atoms with Crippen molar-refractivity contribution in [3.8, 4) is 6.07 Å². The molecule has 4 aromatic rings. The van der Waals surface area contributed by atoms with Crippen molar-refractivity contribution in [2.45, 2.75) is 33.6 Å². The van der Waals surface area contributed by atoms with E-state index in [1.165, 1.54) is 0 Å². The van der Waals surface area contributed by atoms with Crippen molar-refractivity contribution in [2.75, 3.05) is 11.9 Å². The van der Waals surface area contributed by atoms with Crippen LogP contribution < -0.4 is 5.32 Å². The Hall–Kier alpha value is -4.28. The number of nitriles is 1. The highest BCUT2D eigenvalue weighted by molar-refractivity contribution is 7.10. The molecule has 2 aromatic heterocycles. The van der Waals surface area contributed by atoms with Gasteiger partial charge in [-0.2, -0.15) is 5.26 Å². The van der Waals surface area contributed by atoms with E-state index in [9.17, 15) is 9.59 Å². The molecule has 6 nitrogen and oxygen atoms in total. The van der Waals surface area contributed by atoms with Gasteiger partial charge in [0.15, 0.2) is 6.61 Å². The van der Waals surface area contributed by atoms with Gasteiger partial charge in [-0.15, -0.1) is 11.3 Å². The number of thiophene rings is 1. The summed E-state index contributed by atoms with van der Waals surface area (Å²) in [5.41, 5.74) is 4.90. The number of allylic oxidation sites excluding steroid dienone is 1. The zero-order valence-electron chi connectivity index (χ0n) is 22.2. The van der Waals surface area contributed by atoms with E-state index in [1.807, 2.05) is 36.4 Å². The topological polar surface area (TPSA) is 92.1 Å². The van der Waals surface area contributed by atoms with Crippen molar-refractivity contribution in [3.63, 3.8) is 0 Å². The molecule has 0 bridgehead atoms. The number of anilines is 1. The summed E-state index contributed by atoms with van der Waals surface area (Å²) in [7, 11) is 0. The third-order valence-electron chi connectivity index (χ3n) is 7.11. The lowest BCUT2D eigenvalue weighted by molar-refractivity contribution is -0.119. The quantitative estimate of drug-likeness (QED) is 0.275. The Morgan fingerprint density at radius 1 is 1.13 bits per heavy atom. The predicted molar refractivity (Wildman–Crippen MR) is 155 cm³/mol. The van der Waals surface area contributed by atoms with Crippen LogP contribution in [0.4, 0.5) is 5.69 Å². The summed E-state index contributed by atoms with van der Waals surface area (Å²) >= 11 is 1.67. The largest absolute Gasteiger partial charge is 0.452 e. The molecule has 0 saturated heterocycles. The number of ether oxygens (including phenoxy) is 1. The maximum atomic E-state index is 13.7. The molecule has 196 valence electrons. The van der Waals surface area contributed by atoms with Crippen LogP contribution in [0.1, 0.15) is 59.2 Å². The number of para-hydroxylation sites is 1. The first-order chi connectivity index (χ1) is 18.7. The van der Waals surface area contributed by atoms with E-state index < -0.39 is 18.5 Å². The molecule has 0 saturated carbocycles. The van der Waals surface area contributed by atoms with E-state index >= 15 is 0 Å². The monoisotopic (exact) mass is 535 g/mol. The first-order valence-electron chi connectivity index (χ1n) is 12.9. The third kappa shape index (κ3) is 5.76. The lowest BCUT2D eigenvalue weighted by Gasteiger charge is -2.36. The van der Waals surface area contributed by atoms with E-state index in [0.29, 0.717) is 40.1 Å². The number of rotatable bonds is 5. The number of hydrogen-bond acceptors (Lipinski definition) is 6. The van der Waals surface area contributed by atoms with Crippen LogP contribution in [0.3, 0.4) is 0 Å². The number of nitrogens with zero attached hydrogens (tertiary/aromatic N) is 2. The summed E-state index contributed by atoms with van der Waals surface area (Å²) in [4.78, 5) is 32.5. The highest BCUT2D eigenvalue weighted by Gasteiger charge is 2.35. The number of carbonyl (C=O) groups is 2. The van der Waals surface area contributed by atoms with Crippen molar-refractivity contribution >= 4 is 51.5 Å². The average Bonchev–Trinajstić information content (AvgIpc) is 3.43. The molecule has 1 amide bonds. The number of fused-ring (bicyclic) bond motifs is 2. The van der Waals surface area contributed by atoms with Crippen molar-refractivity contribution in [3.05, 3.63) is 93.3 Å². The number of carbonyl (C=O) groups excluding carboxylic acids is 2. The maximum Gasteiger partial charge on any atom is 0.339 e. The minimum atomic E-state index is -0.546. The number of aromatic nitrogens is 1. The number of esters is 1. The van der Waals surface area contributed by atoms with Gasteiger partial charge in [-0.3, -0.25) is 4.79 Å². The second kappa shape index (κ2) is 10.8. The van der Waals surface area contributed by atoms with Gasteiger partial charge in [0.2, 0.25) is 0 Å². The number of benzene rings is 2. The van der Waals surface area contributed by atoms with Gasteiger partial charge in [0.1, 0.15) is 0 Å². The van der Waals surface area contributed by atoms with Gasteiger partial charge in [0.05, 0.1) is 28.4 Å². The number of amides is 1. The molecule has 0 spiro atoms. The summed E-state index contributed by atoms with van der Waals surface area (Å²) in [6.45, 7) is 6.23. The molecule has 0 radical (unpaired) electrons. The van der Waals surface area contributed by atoms with Crippen LogP contribution in [0.15, 0.2) is 66.0 Å². The van der Waals surface area contributed by atoms with Gasteiger partial charge in [0, 0.05) is 16.0 Å². The molecule has 5 rings (SSSR count). The Labute approximate surface area is 232 Å². The molecule has 2 aromatic carbocycles. The second-order valence-electron chi connectivity index (χ2n) is 10.8. The second-order valence-corrected chi connectivity index (χ2v) is 11.8. The standard InChI is InChI=1S/C32H29N3O3S/c1-32(2,3)22-15-21(16-24-10-7-13-39-24)30-26(17-22)29(25-11-4-5-12-27(25)35-30)31(37)38-19-28(36)34-23-9-6-8-20(14-23)18-33/h4-14,16,22H,15,17,19H2,1-3H3,(H,34,36)/b21-16+. The van der Waals surface area contributed by atoms with Crippen LogP contribution in [0.2, 0.25) is 0 Å². The summed E-state index contributed by atoms with van der Waals surface area (Å²) in [6, 6.07) is 20.3. The van der Waals surface area contributed by atoms with Crippen LogP contribution >= 0.6 is 11.3 Å². The molecule has 39 heavy (non-hydrogen) atoms. The molecule has 7 heteroatoms. The smallest absolute Gasteiger partial charge is 0.339 e. The Morgan fingerprint density at radius 2 is 1.95 bits per heavy atom. The lowest BCUT2D eigenvalue weighted by atomic mass is 9.69. The Morgan fingerprint density at radius 3 is 2.69 bits per heavy atom. The van der Waals surface area contributed by atoms with E-state index in [2.05, 4.69) is 43.6 Å². The van der Waals surface area contributed by atoms with E-state index in [1.54, 1.807) is 35.6 Å². The van der Waals surface area contributed by atoms with Gasteiger partial charge in [-0.05, 0) is 77.1 Å². The Kier molecular flexibility index (Phi) is 7.32. The first kappa shape index (κ1) is 26.3. The Bertz CT molecular complexity index is 1620. The van der Waals surface area contributed by atoms with Crippen molar-refractivity contribution in [2.24, 2.45) is 11.3 Å². The van der Waals surface area contributed by atoms with E-state index in [4.69, 9.17) is 15.0 Å². The SMILES string of the molecule is CC(C)(C)C1C/C(=C\c2cccs2)c2nc3ccccc3c(C(=O)OCC(=O)Nc3cccc(C#N)c3)c2C1. The van der Waals surface area contributed by atoms with E-state index in [0.717, 1.165) is 28.1 Å². The molecule has 0 fully saturated rings. The molecule has 1 atom stereocenters. The van der Waals surface area contributed by atoms with E-state index in [-0.39, 0.29) is 5.41 Å². The summed E-state index contributed by atoms with van der Waals surface area (Å²) < 4.78 is 5.59. The van der Waals surface area contributed by atoms with Crippen molar-refractivity contribution in [1.29, 1.82) is 5.26 Å². The fourth-order valence-corrected chi connectivity index (χ4v) is 5.66. The third-order valence-corrected chi connectivity index (χ3v) is 7.93. The van der Waals surface area contributed by atoms with Crippen LogP contribution in [0.5, 0.6) is 0 Å². The highest BCUT2D eigenvalue weighted by atomic mass is 32.1. The van der Waals surface area contributed by atoms with Crippen LogP contribution in [-0.2, 0) is 16.0 Å². The number of hydrogen-bond donors (Lipinski definition) is 1. The molecule has 1 unspecified atom stereocenters. The fraction of sp³-hybridized carbons (Fsp3) is 0.250. The van der Waals surface area contributed by atoms with Crippen molar-refractivity contribution in [1.82, 2.24) is 4.98 Å². The highest BCUT2D eigenvalue weighted by Crippen LogP contribution is 2.45. The number of nitrogens with one attached hydrogen (secondary N) is 1. The molecule has 1 aliphatic carbocycles. The molecule has 2 heterocycles. The fourth-order valence-electron chi connectivity index (χ4n) is 4.98. The van der Waals surface area contributed by atoms with Gasteiger partial charge >= 0.3 is 5.97 Å². The molecule has 0 aliphatic heterocycles. The molecular weight excluding hydrogens is 506 g/mol. The lowest BCUT2D eigenvalue weighted by Crippen LogP contribution is -2.29. The van der Waals surface area contributed by atoms with Gasteiger partial charge in [-0.25, -0.2) is 9.78 Å². The number of pyridine rings is 1. The first-order valence-corrected chi connectivity index (χ1v) is 13.7. The molecule has 1 aliphatic rings. The summed E-state index contributed by atoms with van der Waals surface area (Å²) in [6.07, 6.45) is 3.73. The Balaban J connectivity index is 1.51. The average molecular weight is 536 g/mol. The van der Waals surface area contributed by atoms with Crippen molar-refractivity contribution < 1.29 is 14.3 Å². The van der Waals surface area contributed by atoms with Crippen LogP contribution in [-0.4, -0.2) is 23.5 Å².